The van der Waals surface area contributed by atoms with Gasteiger partial charge in [-0.1, -0.05) is 12.1 Å². The number of fused-ring (bicyclic) bond motifs is 1. The Morgan fingerprint density at radius 1 is 1.27 bits per heavy atom. The second kappa shape index (κ2) is 6.48. The zero-order valence-electron chi connectivity index (χ0n) is 15.4. The van der Waals surface area contributed by atoms with Crippen LogP contribution in [0.2, 0.25) is 0 Å². The number of carbonyl (C=O) groups excluding carboxylic acids is 1. The highest BCUT2D eigenvalue weighted by atomic mass is 16.2. The van der Waals surface area contributed by atoms with Crippen molar-refractivity contribution in [2.75, 3.05) is 25.0 Å². The third-order valence-electron chi connectivity index (χ3n) is 5.34. The molecule has 0 radical (unpaired) electrons. The van der Waals surface area contributed by atoms with Crippen LogP contribution in [0.1, 0.15) is 29.0 Å². The van der Waals surface area contributed by atoms with Crippen LogP contribution in [0.25, 0.3) is 11.0 Å². The maximum absolute atomic E-state index is 12.7. The van der Waals surface area contributed by atoms with Crippen LogP contribution in [0.3, 0.4) is 0 Å². The number of H-pyrrole nitrogens is 1. The lowest BCUT2D eigenvalue weighted by Crippen LogP contribution is -2.46. The maximum Gasteiger partial charge on any atom is 0.274 e. The van der Waals surface area contributed by atoms with Gasteiger partial charge in [0.05, 0.1) is 11.0 Å². The quantitative estimate of drug-likeness (QED) is 0.785. The fraction of sp³-hybridized carbons (Fsp3) is 0.421. The Balaban J connectivity index is 1.41. The number of aryl methyl sites for hydroxylation is 2. The normalized spacial score (nSPS) is 15.6. The van der Waals surface area contributed by atoms with Crippen LogP contribution in [0.4, 0.5) is 5.95 Å². The van der Waals surface area contributed by atoms with Gasteiger partial charge in [0.25, 0.3) is 5.91 Å². The SMILES string of the molecule is Cc1cc(C(=O)N(C)C2CCN(c3nc4ccccc4[nH]3)CC2)nn1C. The van der Waals surface area contributed by atoms with Crippen molar-refractivity contribution < 1.29 is 4.79 Å². The lowest BCUT2D eigenvalue weighted by atomic mass is 10.0. The average molecular weight is 352 g/mol. The molecule has 4 rings (SSSR count). The van der Waals surface area contributed by atoms with Crippen molar-refractivity contribution in [1.82, 2.24) is 24.6 Å². The van der Waals surface area contributed by atoms with Gasteiger partial charge in [-0.15, -0.1) is 0 Å². The van der Waals surface area contributed by atoms with E-state index in [0.717, 1.165) is 48.6 Å². The Hall–Kier alpha value is -2.83. The molecule has 0 aliphatic carbocycles. The first kappa shape index (κ1) is 16.6. The summed E-state index contributed by atoms with van der Waals surface area (Å²) in [4.78, 5) is 24.9. The number of anilines is 1. The molecule has 1 aliphatic heterocycles. The van der Waals surface area contributed by atoms with Crippen molar-refractivity contribution in [2.24, 2.45) is 7.05 Å². The van der Waals surface area contributed by atoms with E-state index >= 15 is 0 Å². The molecule has 2 aromatic heterocycles. The van der Waals surface area contributed by atoms with E-state index in [2.05, 4.69) is 20.0 Å². The van der Waals surface area contributed by atoms with Gasteiger partial charge in [0, 0.05) is 38.9 Å². The molecule has 1 saturated heterocycles. The molecule has 0 unspecified atom stereocenters. The molecule has 1 aliphatic rings. The Bertz CT molecular complexity index is 882. The van der Waals surface area contributed by atoms with E-state index in [0.29, 0.717) is 5.69 Å². The summed E-state index contributed by atoms with van der Waals surface area (Å²) in [5.41, 5.74) is 3.55. The highest BCUT2D eigenvalue weighted by molar-refractivity contribution is 5.92. The van der Waals surface area contributed by atoms with Crippen LogP contribution in [-0.4, -0.2) is 56.7 Å². The topological polar surface area (TPSA) is 70.1 Å². The lowest BCUT2D eigenvalue weighted by Gasteiger charge is -2.36. The molecule has 7 nitrogen and oxygen atoms in total. The van der Waals surface area contributed by atoms with E-state index in [4.69, 9.17) is 0 Å². The van der Waals surface area contributed by atoms with Gasteiger partial charge in [0.2, 0.25) is 5.95 Å². The first-order valence-electron chi connectivity index (χ1n) is 9.00. The minimum absolute atomic E-state index is 0.00381. The number of para-hydroxylation sites is 2. The lowest BCUT2D eigenvalue weighted by molar-refractivity contribution is 0.0702. The molecule has 0 spiro atoms. The average Bonchev–Trinajstić information content (AvgIpc) is 3.24. The summed E-state index contributed by atoms with van der Waals surface area (Å²) in [5.74, 6) is 0.912. The molecular weight excluding hydrogens is 328 g/mol. The first-order valence-corrected chi connectivity index (χ1v) is 9.00. The molecular formula is C19H24N6O. The number of aromatic nitrogens is 4. The number of imidazole rings is 1. The molecule has 136 valence electrons. The highest BCUT2D eigenvalue weighted by Gasteiger charge is 2.28. The molecule has 3 heterocycles. The minimum Gasteiger partial charge on any atom is -0.342 e. The van der Waals surface area contributed by atoms with E-state index < -0.39 is 0 Å². The Labute approximate surface area is 152 Å². The van der Waals surface area contributed by atoms with Gasteiger partial charge in [-0.05, 0) is 38.0 Å². The fourth-order valence-electron chi connectivity index (χ4n) is 3.57. The second-order valence-corrected chi connectivity index (χ2v) is 7.01. The molecule has 26 heavy (non-hydrogen) atoms. The summed E-state index contributed by atoms with van der Waals surface area (Å²) in [6, 6.07) is 10.1. The number of benzene rings is 1. The van der Waals surface area contributed by atoms with Gasteiger partial charge in [0.1, 0.15) is 0 Å². The number of nitrogens with zero attached hydrogens (tertiary/aromatic N) is 5. The monoisotopic (exact) mass is 352 g/mol. The maximum atomic E-state index is 12.7. The van der Waals surface area contributed by atoms with Crippen molar-refractivity contribution in [3.8, 4) is 0 Å². The summed E-state index contributed by atoms with van der Waals surface area (Å²) in [5, 5.41) is 4.31. The van der Waals surface area contributed by atoms with Crippen LogP contribution < -0.4 is 4.90 Å². The zero-order chi connectivity index (χ0) is 18.3. The molecule has 1 amide bonds. The number of hydrogen-bond donors (Lipinski definition) is 1. The summed E-state index contributed by atoms with van der Waals surface area (Å²) in [7, 11) is 3.74. The van der Waals surface area contributed by atoms with Crippen molar-refractivity contribution in [3.05, 3.63) is 41.7 Å². The highest BCUT2D eigenvalue weighted by Crippen LogP contribution is 2.23. The van der Waals surface area contributed by atoms with Gasteiger partial charge in [-0.3, -0.25) is 9.48 Å². The third-order valence-corrected chi connectivity index (χ3v) is 5.34. The van der Waals surface area contributed by atoms with Crippen molar-refractivity contribution in [1.29, 1.82) is 0 Å². The van der Waals surface area contributed by atoms with Gasteiger partial charge in [0.15, 0.2) is 5.69 Å². The van der Waals surface area contributed by atoms with Crippen LogP contribution in [0.15, 0.2) is 30.3 Å². The number of rotatable bonds is 3. The number of aromatic amines is 1. The molecule has 1 aromatic carbocycles. The van der Waals surface area contributed by atoms with Crippen LogP contribution in [-0.2, 0) is 7.05 Å². The van der Waals surface area contributed by atoms with E-state index in [-0.39, 0.29) is 11.9 Å². The van der Waals surface area contributed by atoms with Gasteiger partial charge >= 0.3 is 0 Å². The molecule has 3 aromatic rings. The Morgan fingerprint density at radius 2 is 2.00 bits per heavy atom. The molecule has 7 heteroatoms. The fourth-order valence-corrected chi connectivity index (χ4v) is 3.57. The van der Waals surface area contributed by atoms with E-state index in [9.17, 15) is 4.79 Å². The van der Waals surface area contributed by atoms with Crippen LogP contribution >= 0.6 is 0 Å². The van der Waals surface area contributed by atoms with Crippen molar-refractivity contribution in [3.63, 3.8) is 0 Å². The Morgan fingerprint density at radius 3 is 2.65 bits per heavy atom. The number of nitrogens with one attached hydrogen (secondary N) is 1. The predicted octanol–water partition coefficient (Wildman–Crippen LogP) is 2.35. The standard InChI is InChI=1S/C19H24N6O/c1-13-12-17(22-24(13)3)18(26)23(2)14-8-10-25(11-9-14)19-20-15-6-4-5-7-16(15)21-19/h4-7,12,14H,8-11H2,1-3H3,(H,20,21). The van der Waals surface area contributed by atoms with E-state index in [1.54, 1.807) is 4.68 Å². The molecule has 0 saturated carbocycles. The van der Waals surface area contributed by atoms with Crippen LogP contribution in [0.5, 0.6) is 0 Å². The summed E-state index contributed by atoms with van der Waals surface area (Å²) in [6.07, 6.45) is 1.84. The largest absolute Gasteiger partial charge is 0.342 e. The van der Waals surface area contributed by atoms with E-state index in [1.165, 1.54) is 0 Å². The van der Waals surface area contributed by atoms with E-state index in [1.807, 2.05) is 56.3 Å². The third kappa shape index (κ3) is 2.94. The summed E-state index contributed by atoms with van der Waals surface area (Å²) in [6.45, 7) is 3.71. The predicted molar refractivity (Wildman–Crippen MR) is 101 cm³/mol. The minimum atomic E-state index is -0.00381. The number of piperidine rings is 1. The Kier molecular flexibility index (Phi) is 4.14. The first-order chi connectivity index (χ1) is 12.5. The van der Waals surface area contributed by atoms with Crippen molar-refractivity contribution >= 4 is 22.9 Å². The molecule has 1 fully saturated rings. The molecule has 1 N–H and O–H groups in total. The molecule has 0 atom stereocenters. The molecule has 0 bridgehead atoms. The van der Waals surface area contributed by atoms with Crippen LogP contribution in [0, 0.1) is 6.92 Å². The second-order valence-electron chi connectivity index (χ2n) is 7.01. The number of carbonyl (C=O) groups is 1. The van der Waals surface area contributed by atoms with Gasteiger partial charge < -0.3 is 14.8 Å². The number of amides is 1. The van der Waals surface area contributed by atoms with Crippen molar-refractivity contribution in [2.45, 2.75) is 25.8 Å². The van der Waals surface area contributed by atoms with Gasteiger partial charge in [-0.2, -0.15) is 5.10 Å². The zero-order valence-corrected chi connectivity index (χ0v) is 15.4. The number of hydrogen-bond acceptors (Lipinski definition) is 4. The summed E-state index contributed by atoms with van der Waals surface area (Å²) < 4.78 is 1.74. The van der Waals surface area contributed by atoms with Gasteiger partial charge in [-0.25, -0.2) is 4.98 Å². The smallest absolute Gasteiger partial charge is 0.274 e. The summed E-state index contributed by atoms with van der Waals surface area (Å²) >= 11 is 0.